The predicted octanol–water partition coefficient (Wildman–Crippen LogP) is 6.07. The first-order valence-electron chi connectivity index (χ1n) is 13.7. The molecule has 0 spiro atoms. The summed E-state index contributed by atoms with van der Waals surface area (Å²) in [5.74, 6) is -0.679. The van der Waals surface area contributed by atoms with Gasteiger partial charge in [0.15, 0.2) is 0 Å². The maximum atomic E-state index is 14.2. The summed E-state index contributed by atoms with van der Waals surface area (Å²) in [4.78, 5) is 29.6. The molecule has 3 aromatic carbocycles. The Kier molecular flexibility index (Phi) is 11.0. The van der Waals surface area contributed by atoms with Crippen LogP contribution in [-0.4, -0.2) is 50.0 Å². The van der Waals surface area contributed by atoms with Crippen molar-refractivity contribution in [2.24, 2.45) is 0 Å². The molecule has 10 heteroatoms. The third kappa shape index (κ3) is 9.15. The van der Waals surface area contributed by atoms with Crippen molar-refractivity contribution in [3.05, 3.63) is 98.9 Å². The highest BCUT2D eigenvalue weighted by atomic mass is 79.9. The summed E-state index contributed by atoms with van der Waals surface area (Å²) in [6.45, 7) is -0.279. The summed E-state index contributed by atoms with van der Waals surface area (Å²) in [5.41, 5.74) is 2.12. The maximum absolute atomic E-state index is 14.2. The molecule has 0 aromatic heterocycles. The van der Waals surface area contributed by atoms with Crippen LogP contribution in [0.1, 0.15) is 43.2 Å². The molecule has 1 saturated carbocycles. The highest BCUT2D eigenvalue weighted by Crippen LogP contribution is 2.24. The van der Waals surface area contributed by atoms with Crippen molar-refractivity contribution >= 4 is 59.4 Å². The van der Waals surface area contributed by atoms with Crippen molar-refractivity contribution in [3.8, 4) is 0 Å². The molecule has 41 heavy (non-hydrogen) atoms. The fourth-order valence-electron chi connectivity index (χ4n) is 5.11. The van der Waals surface area contributed by atoms with Gasteiger partial charge in [-0.3, -0.25) is 13.9 Å². The van der Waals surface area contributed by atoms with Crippen LogP contribution in [0.25, 0.3) is 0 Å². The smallest absolute Gasteiger partial charge is 0.244 e. The van der Waals surface area contributed by atoms with Crippen LogP contribution in [0.5, 0.6) is 0 Å². The lowest BCUT2D eigenvalue weighted by Crippen LogP contribution is -2.55. The van der Waals surface area contributed by atoms with Gasteiger partial charge in [-0.15, -0.1) is 0 Å². The summed E-state index contributed by atoms with van der Waals surface area (Å²) in [6.07, 6.45) is 6.49. The van der Waals surface area contributed by atoms with E-state index in [0.29, 0.717) is 12.1 Å². The van der Waals surface area contributed by atoms with Gasteiger partial charge in [0.25, 0.3) is 0 Å². The average Bonchev–Trinajstić information content (AvgIpc) is 2.95. The number of sulfonamides is 1. The van der Waals surface area contributed by atoms with E-state index in [2.05, 4.69) is 37.2 Å². The Bertz CT molecular complexity index is 1410. The molecule has 0 bridgehead atoms. The average molecular weight is 706 g/mol. The molecular weight excluding hydrogens is 670 g/mol. The second kappa shape index (κ2) is 14.5. The van der Waals surface area contributed by atoms with Crippen molar-refractivity contribution in [2.75, 3.05) is 17.1 Å². The molecule has 7 nitrogen and oxygen atoms in total. The summed E-state index contributed by atoms with van der Waals surface area (Å²) in [6, 6.07) is 23.2. The quantitative estimate of drug-likeness (QED) is 0.263. The molecule has 0 aliphatic heterocycles. The standard InChI is InChI=1S/C31H35Br2N3O4S/c1-41(39,40)36(28-18-16-26(33)17-19-28)22-30(37)35(21-24-12-14-25(32)15-13-24)29(20-23-8-4-2-5-9-23)31(38)34-27-10-6-3-7-11-27/h2,4-5,8-9,12-19,27,29H,3,6-7,10-11,20-22H2,1H3,(H,34,38)/t29-/m1/s1. The summed E-state index contributed by atoms with van der Waals surface area (Å²) in [7, 11) is -3.80. The minimum Gasteiger partial charge on any atom is -0.352 e. The van der Waals surface area contributed by atoms with E-state index >= 15 is 0 Å². The highest BCUT2D eigenvalue weighted by Gasteiger charge is 2.34. The molecule has 218 valence electrons. The number of rotatable bonds is 11. The van der Waals surface area contributed by atoms with Crippen molar-refractivity contribution < 1.29 is 18.0 Å². The Hall–Kier alpha value is -2.69. The van der Waals surface area contributed by atoms with E-state index in [-0.39, 0.29) is 18.5 Å². The van der Waals surface area contributed by atoms with Crippen LogP contribution < -0.4 is 9.62 Å². The van der Waals surface area contributed by atoms with Crippen LogP contribution >= 0.6 is 31.9 Å². The van der Waals surface area contributed by atoms with E-state index < -0.39 is 28.5 Å². The molecule has 0 saturated heterocycles. The third-order valence-electron chi connectivity index (χ3n) is 7.28. The van der Waals surface area contributed by atoms with Crippen LogP contribution in [-0.2, 0) is 32.6 Å². The molecule has 1 fully saturated rings. The summed E-state index contributed by atoms with van der Waals surface area (Å²) >= 11 is 6.83. The van der Waals surface area contributed by atoms with E-state index in [1.807, 2.05) is 54.6 Å². The van der Waals surface area contributed by atoms with Gasteiger partial charge < -0.3 is 10.2 Å². The van der Waals surface area contributed by atoms with Crippen LogP contribution in [0.4, 0.5) is 5.69 Å². The van der Waals surface area contributed by atoms with Gasteiger partial charge in [0.2, 0.25) is 21.8 Å². The number of halogens is 2. The molecule has 0 heterocycles. The van der Waals surface area contributed by atoms with Crippen molar-refractivity contribution in [1.82, 2.24) is 10.2 Å². The minimum absolute atomic E-state index is 0.0643. The Morgan fingerprint density at radius 2 is 1.44 bits per heavy atom. The topological polar surface area (TPSA) is 86.8 Å². The fraction of sp³-hybridized carbons (Fsp3) is 0.355. The number of anilines is 1. The minimum atomic E-state index is -3.80. The SMILES string of the molecule is CS(=O)(=O)N(CC(=O)N(Cc1ccc(Br)cc1)[C@H](Cc1ccccc1)C(=O)NC1CCCCC1)c1ccc(Br)cc1. The predicted molar refractivity (Wildman–Crippen MR) is 170 cm³/mol. The summed E-state index contributed by atoms with van der Waals surface area (Å²) in [5, 5.41) is 3.21. The monoisotopic (exact) mass is 703 g/mol. The molecule has 0 unspecified atom stereocenters. The summed E-state index contributed by atoms with van der Waals surface area (Å²) < 4.78 is 28.6. The number of hydrogen-bond acceptors (Lipinski definition) is 4. The molecule has 1 N–H and O–H groups in total. The van der Waals surface area contributed by atoms with Gasteiger partial charge in [-0.2, -0.15) is 0 Å². The van der Waals surface area contributed by atoms with E-state index in [1.165, 1.54) is 4.90 Å². The van der Waals surface area contributed by atoms with E-state index in [9.17, 15) is 18.0 Å². The zero-order valence-electron chi connectivity index (χ0n) is 23.0. The van der Waals surface area contributed by atoms with Gasteiger partial charge in [0.05, 0.1) is 11.9 Å². The Morgan fingerprint density at radius 1 is 0.854 bits per heavy atom. The molecule has 1 aliphatic carbocycles. The fourth-order valence-corrected chi connectivity index (χ4v) is 6.48. The number of carbonyl (C=O) groups is 2. The Balaban J connectivity index is 1.71. The second-order valence-corrected chi connectivity index (χ2v) is 14.2. The van der Waals surface area contributed by atoms with Crippen LogP contribution in [0.3, 0.4) is 0 Å². The number of nitrogens with one attached hydrogen (secondary N) is 1. The van der Waals surface area contributed by atoms with Crippen LogP contribution in [0, 0.1) is 0 Å². The van der Waals surface area contributed by atoms with Crippen molar-refractivity contribution in [1.29, 1.82) is 0 Å². The Morgan fingerprint density at radius 3 is 2.02 bits per heavy atom. The lowest BCUT2D eigenvalue weighted by atomic mass is 9.94. The molecule has 0 radical (unpaired) electrons. The van der Waals surface area contributed by atoms with Crippen molar-refractivity contribution in [3.63, 3.8) is 0 Å². The number of carbonyl (C=O) groups excluding carboxylic acids is 2. The third-order valence-corrected chi connectivity index (χ3v) is 9.48. The highest BCUT2D eigenvalue weighted by molar-refractivity contribution is 9.10. The molecule has 1 atom stereocenters. The maximum Gasteiger partial charge on any atom is 0.244 e. The van der Waals surface area contributed by atoms with E-state index in [1.54, 1.807) is 24.3 Å². The molecule has 1 aliphatic rings. The zero-order chi connectivity index (χ0) is 29.4. The van der Waals surface area contributed by atoms with Crippen LogP contribution in [0.15, 0.2) is 87.8 Å². The number of amides is 2. The van der Waals surface area contributed by atoms with Gasteiger partial charge in [0.1, 0.15) is 12.6 Å². The second-order valence-electron chi connectivity index (χ2n) is 10.4. The largest absolute Gasteiger partial charge is 0.352 e. The van der Waals surface area contributed by atoms with Gasteiger partial charge in [0, 0.05) is 28.0 Å². The van der Waals surface area contributed by atoms with E-state index in [0.717, 1.165) is 62.7 Å². The first-order chi connectivity index (χ1) is 19.6. The first-order valence-corrected chi connectivity index (χ1v) is 17.1. The molecule has 3 aromatic rings. The van der Waals surface area contributed by atoms with Gasteiger partial charge in [-0.1, -0.05) is 93.6 Å². The van der Waals surface area contributed by atoms with Gasteiger partial charge in [-0.05, 0) is 60.4 Å². The lowest BCUT2D eigenvalue weighted by molar-refractivity contribution is -0.140. The molecule has 2 amide bonds. The normalized spacial score (nSPS) is 14.7. The number of benzene rings is 3. The lowest BCUT2D eigenvalue weighted by Gasteiger charge is -2.35. The van der Waals surface area contributed by atoms with Crippen LogP contribution in [0.2, 0.25) is 0 Å². The number of hydrogen-bond donors (Lipinski definition) is 1. The molecular formula is C31H35Br2N3O4S. The number of nitrogens with zero attached hydrogens (tertiary/aromatic N) is 2. The Labute approximate surface area is 259 Å². The van der Waals surface area contributed by atoms with Gasteiger partial charge in [-0.25, -0.2) is 8.42 Å². The molecule has 4 rings (SSSR count). The zero-order valence-corrected chi connectivity index (χ0v) is 27.0. The van der Waals surface area contributed by atoms with Gasteiger partial charge >= 0.3 is 0 Å². The first kappa shape index (κ1) is 31.3. The van der Waals surface area contributed by atoms with E-state index in [4.69, 9.17) is 0 Å². The van der Waals surface area contributed by atoms with Crippen molar-refractivity contribution in [2.45, 2.75) is 57.2 Å².